The molecule has 0 saturated carbocycles. The molecule has 0 aliphatic heterocycles. The number of hydrogen-bond acceptors (Lipinski definition) is 4. The second-order valence-electron chi connectivity index (χ2n) is 6.10. The van der Waals surface area contributed by atoms with Gasteiger partial charge in [-0.15, -0.1) is 0 Å². The maximum Gasteiger partial charge on any atom is 0.416 e. The Labute approximate surface area is 159 Å². The number of hydrogen-bond donors (Lipinski definition) is 2. The lowest BCUT2D eigenvalue weighted by Gasteiger charge is -2.14. The third kappa shape index (κ3) is 4.85. The fourth-order valence-electron chi connectivity index (χ4n) is 2.54. The zero-order valence-electron chi connectivity index (χ0n) is 14.9. The Hall–Kier alpha value is -3.42. The van der Waals surface area contributed by atoms with Crippen LogP contribution in [0.1, 0.15) is 34.6 Å². The predicted molar refractivity (Wildman–Crippen MR) is 99.9 cm³/mol. The molecule has 1 unspecified atom stereocenters. The molecule has 1 aromatic heterocycles. The molecule has 3 rings (SSSR count). The summed E-state index contributed by atoms with van der Waals surface area (Å²) in [4.78, 5) is 20.4. The van der Waals surface area contributed by atoms with Gasteiger partial charge in [0.1, 0.15) is 11.5 Å². The summed E-state index contributed by atoms with van der Waals surface area (Å²) in [6.45, 7) is 1.96. The van der Waals surface area contributed by atoms with Gasteiger partial charge in [0.15, 0.2) is 0 Å². The number of aromatic nitrogens is 2. The van der Waals surface area contributed by atoms with Crippen LogP contribution >= 0.6 is 0 Å². The fourth-order valence-corrected chi connectivity index (χ4v) is 2.54. The molecule has 3 aromatic rings. The summed E-state index contributed by atoms with van der Waals surface area (Å²) in [6.07, 6.45) is -1.81. The van der Waals surface area contributed by atoms with E-state index in [-0.39, 0.29) is 17.4 Å². The quantitative estimate of drug-likeness (QED) is 0.653. The van der Waals surface area contributed by atoms with Gasteiger partial charge in [-0.05, 0) is 30.7 Å². The number of nitrogens with zero attached hydrogens (tertiary/aromatic N) is 2. The van der Waals surface area contributed by atoms with Crippen molar-refractivity contribution in [3.05, 3.63) is 83.8 Å². The zero-order chi connectivity index (χ0) is 20.1. The molecule has 0 fully saturated rings. The van der Waals surface area contributed by atoms with E-state index < -0.39 is 17.6 Å². The molecule has 0 radical (unpaired) electrons. The van der Waals surface area contributed by atoms with Crippen molar-refractivity contribution in [3.63, 3.8) is 0 Å². The molecule has 5 nitrogen and oxygen atoms in total. The molecular formula is C20H17F3N4O. The molecule has 144 valence electrons. The molecule has 8 heteroatoms. The minimum atomic E-state index is -4.48. The average molecular weight is 386 g/mol. The molecule has 28 heavy (non-hydrogen) atoms. The Bertz CT molecular complexity index is 944. The number of carbonyl (C=O) groups excluding carboxylic acids is 1. The van der Waals surface area contributed by atoms with Gasteiger partial charge in [-0.1, -0.05) is 36.4 Å². The highest BCUT2D eigenvalue weighted by molar-refractivity contribution is 6.02. The van der Waals surface area contributed by atoms with Crippen LogP contribution in [0.3, 0.4) is 0 Å². The third-order valence-electron chi connectivity index (χ3n) is 4.00. The monoisotopic (exact) mass is 386 g/mol. The zero-order valence-corrected chi connectivity index (χ0v) is 14.9. The van der Waals surface area contributed by atoms with Gasteiger partial charge in [0.05, 0.1) is 18.0 Å². The highest BCUT2D eigenvalue weighted by Crippen LogP contribution is 2.30. The first-order valence-corrected chi connectivity index (χ1v) is 8.45. The second-order valence-corrected chi connectivity index (χ2v) is 6.10. The second kappa shape index (κ2) is 8.08. The van der Waals surface area contributed by atoms with Crippen molar-refractivity contribution in [2.45, 2.75) is 19.1 Å². The molecular weight excluding hydrogens is 369 g/mol. The van der Waals surface area contributed by atoms with Crippen LogP contribution in [-0.2, 0) is 6.18 Å². The van der Waals surface area contributed by atoms with Crippen LogP contribution in [0.2, 0.25) is 0 Å². The van der Waals surface area contributed by atoms with E-state index in [1.807, 2.05) is 37.3 Å². The van der Waals surface area contributed by atoms with Gasteiger partial charge < -0.3 is 10.6 Å². The van der Waals surface area contributed by atoms with Crippen molar-refractivity contribution in [1.29, 1.82) is 0 Å². The van der Waals surface area contributed by atoms with E-state index >= 15 is 0 Å². The van der Waals surface area contributed by atoms with Crippen molar-refractivity contribution < 1.29 is 18.0 Å². The normalized spacial score (nSPS) is 12.3. The molecule has 2 aromatic carbocycles. The summed E-state index contributed by atoms with van der Waals surface area (Å²) in [6, 6.07) is 14.1. The Morgan fingerprint density at radius 2 is 1.75 bits per heavy atom. The molecule has 0 spiro atoms. The average Bonchev–Trinajstić information content (AvgIpc) is 2.69. The minimum Gasteiger partial charge on any atom is -0.362 e. The van der Waals surface area contributed by atoms with Gasteiger partial charge in [-0.25, -0.2) is 9.97 Å². The number of benzene rings is 2. The largest absolute Gasteiger partial charge is 0.416 e. The summed E-state index contributed by atoms with van der Waals surface area (Å²) in [5, 5.41) is 5.56. The molecule has 1 amide bonds. The summed E-state index contributed by atoms with van der Waals surface area (Å²) in [5.41, 5.74) is 0.248. The van der Waals surface area contributed by atoms with Crippen LogP contribution in [-0.4, -0.2) is 15.9 Å². The Balaban J connectivity index is 1.66. The number of carbonyl (C=O) groups is 1. The van der Waals surface area contributed by atoms with Gasteiger partial charge in [-0.3, -0.25) is 4.79 Å². The minimum absolute atomic E-state index is 0.00433. The first kappa shape index (κ1) is 19.3. The molecule has 2 N–H and O–H groups in total. The van der Waals surface area contributed by atoms with Crippen molar-refractivity contribution in [1.82, 2.24) is 9.97 Å². The molecule has 0 bridgehead atoms. The van der Waals surface area contributed by atoms with E-state index in [0.717, 1.165) is 17.7 Å². The Morgan fingerprint density at radius 1 is 1.00 bits per heavy atom. The lowest BCUT2D eigenvalue weighted by atomic mass is 10.1. The summed E-state index contributed by atoms with van der Waals surface area (Å²) < 4.78 is 38.3. The van der Waals surface area contributed by atoms with Crippen LogP contribution in [0.5, 0.6) is 0 Å². The smallest absolute Gasteiger partial charge is 0.362 e. The summed E-state index contributed by atoms with van der Waals surface area (Å²) >= 11 is 0. The predicted octanol–water partition coefficient (Wildman–Crippen LogP) is 4.92. The fraction of sp³-hybridized carbons (Fsp3) is 0.150. The molecule has 0 aliphatic carbocycles. The lowest BCUT2D eigenvalue weighted by molar-refractivity contribution is -0.137. The van der Waals surface area contributed by atoms with Crippen LogP contribution in [0, 0.1) is 0 Å². The number of alkyl halides is 3. The number of anilines is 2. The van der Waals surface area contributed by atoms with Gasteiger partial charge in [0.25, 0.3) is 5.91 Å². The van der Waals surface area contributed by atoms with Gasteiger partial charge in [0, 0.05) is 11.7 Å². The molecule has 1 atom stereocenters. The van der Waals surface area contributed by atoms with E-state index in [9.17, 15) is 18.0 Å². The maximum absolute atomic E-state index is 12.8. The van der Waals surface area contributed by atoms with Crippen LogP contribution in [0.25, 0.3) is 0 Å². The molecule has 1 heterocycles. The maximum atomic E-state index is 12.8. The molecule has 0 aliphatic rings. The summed E-state index contributed by atoms with van der Waals surface area (Å²) in [7, 11) is 0. The third-order valence-corrected chi connectivity index (χ3v) is 4.00. The topological polar surface area (TPSA) is 66.9 Å². The SMILES string of the molecule is CC(Nc1cnc(C(=O)Nc2cccc(C(F)(F)F)c2)cn1)c1ccccc1. The summed E-state index contributed by atoms with van der Waals surface area (Å²) in [5.74, 6) is -0.165. The highest BCUT2D eigenvalue weighted by Gasteiger charge is 2.30. The molecule has 0 saturated heterocycles. The van der Waals surface area contributed by atoms with E-state index in [4.69, 9.17) is 0 Å². The van der Waals surface area contributed by atoms with Crippen molar-refractivity contribution in [2.75, 3.05) is 10.6 Å². The van der Waals surface area contributed by atoms with E-state index in [1.54, 1.807) is 0 Å². The number of halogens is 3. The number of rotatable bonds is 5. The van der Waals surface area contributed by atoms with Crippen molar-refractivity contribution in [2.24, 2.45) is 0 Å². The number of nitrogens with one attached hydrogen (secondary N) is 2. The van der Waals surface area contributed by atoms with Crippen molar-refractivity contribution in [3.8, 4) is 0 Å². The van der Waals surface area contributed by atoms with Crippen LogP contribution in [0.4, 0.5) is 24.7 Å². The van der Waals surface area contributed by atoms with Crippen molar-refractivity contribution >= 4 is 17.4 Å². The van der Waals surface area contributed by atoms with E-state index in [0.29, 0.717) is 5.82 Å². The van der Waals surface area contributed by atoms with Crippen LogP contribution < -0.4 is 10.6 Å². The van der Waals surface area contributed by atoms with E-state index in [2.05, 4.69) is 20.6 Å². The lowest BCUT2D eigenvalue weighted by Crippen LogP contribution is -2.16. The first-order valence-electron chi connectivity index (χ1n) is 8.45. The van der Waals surface area contributed by atoms with Gasteiger partial charge >= 0.3 is 6.18 Å². The standard InChI is InChI=1S/C20H17F3N4O/c1-13(14-6-3-2-4-7-14)26-18-12-24-17(11-25-18)19(28)27-16-9-5-8-15(10-16)20(21,22)23/h2-13H,1H3,(H,25,26)(H,27,28). The Kier molecular flexibility index (Phi) is 5.58. The highest BCUT2D eigenvalue weighted by atomic mass is 19.4. The van der Waals surface area contributed by atoms with E-state index in [1.165, 1.54) is 24.5 Å². The number of amides is 1. The van der Waals surface area contributed by atoms with Gasteiger partial charge in [-0.2, -0.15) is 13.2 Å². The van der Waals surface area contributed by atoms with Gasteiger partial charge in [0.2, 0.25) is 0 Å². The Morgan fingerprint density at radius 3 is 2.39 bits per heavy atom. The first-order chi connectivity index (χ1) is 13.3. The van der Waals surface area contributed by atoms with Crippen LogP contribution in [0.15, 0.2) is 67.0 Å².